The maximum Gasteiger partial charge on any atom is 0.247 e. The van der Waals surface area contributed by atoms with Gasteiger partial charge in [-0.25, -0.2) is 0 Å². The lowest BCUT2D eigenvalue weighted by Gasteiger charge is -2.42. The number of rotatable bonds is 6. The summed E-state index contributed by atoms with van der Waals surface area (Å²) in [6, 6.07) is 19.4. The van der Waals surface area contributed by atoms with Gasteiger partial charge in [0.2, 0.25) is 5.91 Å². The molecule has 2 heteroatoms. The molecule has 1 N–H and O–H groups in total. The van der Waals surface area contributed by atoms with E-state index in [2.05, 4.69) is 89.3 Å². The highest BCUT2D eigenvalue weighted by Crippen LogP contribution is 2.46. The summed E-state index contributed by atoms with van der Waals surface area (Å²) < 4.78 is 0. The summed E-state index contributed by atoms with van der Waals surface area (Å²) in [5.74, 6) is -0.0269. The van der Waals surface area contributed by atoms with Gasteiger partial charge in [0.15, 0.2) is 0 Å². The molecule has 0 aliphatic heterocycles. The van der Waals surface area contributed by atoms with Crippen LogP contribution in [0.15, 0.2) is 77.9 Å². The Bertz CT molecular complexity index is 1350. The Morgan fingerprint density at radius 3 is 2.22 bits per heavy atom. The minimum atomic E-state index is -0.0269. The number of carbonyl (C=O) groups excluding carboxylic acids is 1. The molecule has 4 rings (SSSR count). The van der Waals surface area contributed by atoms with Gasteiger partial charge in [0.1, 0.15) is 0 Å². The van der Waals surface area contributed by atoms with Crippen molar-refractivity contribution in [1.82, 2.24) is 5.32 Å². The summed E-state index contributed by atoms with van der Waals surface area (Å²) in [7, 11) is 0. The molecule has 0 aromatic heterocycles. The van der Waals surface area contributed by atoms with Crippen LogP contribution in [0.5, 0.6) is 0 Å². The Balaban J connectivity index is 1.46. The van der Waals surface area contributed by atoms with Crippen molar-refractivity contribution in [3.63, 3.8) is 0 Å². The fourth-order valence-electron chi connectivity index (χ4n) is 5.42. The number of benzene rings is 3. The average molecular weight is 480 g/mol. The largest absolute Gasteiger partial charge is 0.348 e. The molecule has 0 saturated heterocycles. The zero-order valence-electron chi connectivity index (χ0n) is 23.1. The van der Waals surface area contributed by atoms with Crippen molar-refractivity contribution in [1.29, 1.82) is 0 Å². The van der Waals surface area contributed by atoms with E-state index in [1.54, 1.807) is 0 Å². The second-order valence-corrected chi connectivity index (χ2v) is 12.0. The lowest BCUT2D eigenvalue weighted by atomic mass is 9.62. The standard InChI is InChI=1S/C34H41NO/c1-23(19-28-21-31-30(20-25(28)3)33(4,5)17-18-34(31,6)7)15-16-24(2)32(36)35-22-27-13-10-12-26-11-8-9-14-29(26)27/h8-16,20-21H,17-19,22H2,1-7H3,(H,35,36)/b23-15+,24-16+. The predicted molar refractivity (Wildman–Crippen MR) is 153 cm³/mol. The molecule has 2 nitrogen and oxygen atoms in total. The highest BCUT2D eigenvalue weighted by Gasteiger charge is 2.37. The van der Waals surface area contributed by atoms with Crippen molar-refractivity contribution >= 4 is 16.7 Å². The summed E-state index contributed by atoms with van der Waals surface area (Å²) in [5.41, 5.74) is 9.33. The van der Waals surface area contributed by atoms with E-state index in [1.807, 2.05) is 31.2 Å². The molecule has 3 aromatic carbocycles. The van der Waals surface area contributed by atoms with Crippen molar-refractivity contribution in [3.05, 3.63) is 106 Å². The SMILES string of the molecule is C/C(=C\C=C(/C)C(=O)NCc1cccc2ccccc12)Cc1cc2c(cc1C)C(C)(C)CCC2(C)C. The first-order valence-corrected chi connectivity index (χ1v) is 13.2. The van der Waals surface area contributed by atoms with E-state index < -0.39 is 0 Å². The number of hydrogen-bond donors (Lipinski definition) is 1. The molecule has 0 atom stereocenters. The van der Waals surface area contributed by atoms with Crippen LogP contribution in [-0.2, 0) is 28.6 Å². The van der Waals surface area contributed by atoms with E-state index in [0.717, 1.165) is 17.6 Å². The molecular formula is C34H41NO. The zero-order valence-corrected chi connectivity index (χ0v) is 23.1. The third kappa shape index (κ3) is 5.48. The van der Waals surface area contributed by atoms with Gasteiger partial charge in [-0.1, -0.05) is 100 Å². The van der Waals surface area contributed by atoms with Crippen LogP contribution in [0.2, 0.25) is 0 Å². The molecule has 1 amide bonds. The predicted octanol–water partition coefficient (Wildman–Crippen LogP) is 8.25. The molecular weight excluding hydrogens is 438 g/mol. The van der Waals surface area contributed by atoms with Crippen LogP contribution in [0.25, 0.3) is 10.8 Å². The number of nitrogens with one attached hydrogen (secondary N) is 1. The van der Waals surface area contributed by atoms with Gasteiger partial charge in [-0.05, 0) is 89.5 Å². The van der Waals surface area contributed by atoms with Crippen molar-refractivity contribution in [2.75, 3.05) is 0 Å². The third-order valence-corrected chi connectivity index (χ3v) is 8.07. The zero-order chi connectivity index (χ0) is 26.1. The monoisotopic (exact) mass is 479 g/mol. The van der Waals surface area contributed by atoms with Crippen LogP contribution in [0.1, 0.15) is 82.2 Å². The number of fused-ring (bicyclic) bond motifs is 2. The van der Waals surface area contributed by atoms with E-state index in [-0.39, 0.29) is 16.7 Å². The molecule has 0 saturated carbocycles. The topological polar surface area (TPSA) is 29.1 Å². The number of aryl methyl sites for hydroxylation is 1. The Hall–Kier alpha value is -3.13. The Labute approximate surface area is 217 Å². The van der Waals surface area contributed by atoms with Crippen LogP contribution < -0.4 is 5.32 Å². The van der Waals surface area contributed by atoms with Gasteiger partial charge in [-0.15, -0.1) is 0 Å². The first-order valence-electron chi connectivity index (χ1n) is 13.2. The van der Waals surface area contributed by atoms with Gasteiger partial charge < -0.3 is 5.32 Å². The number of hydrogen-bond acceptors (Lipinski definition) is 1. The normalized spacial score (nSPS) is 17.1. The lowest BCUT2D eigenvalue weighted by molar-refractivity contribution is -0.117. The molecule has 0 fully saturated rings. The maximum atomic E-state index is 12.8. The smallest absolute Gasteiger partial charge is 0.247 e. The fourth-order valence-corrected chi connectivity index (χ4v) is 5.42. The van der Waals surface area contributed by atoms with Gasteiger partial charge >= 0.3 is 0 Å². The minimum Gasteiger partial charge on any atom is -0.348 e. The summed E-state index contributed by atoms with van der Waals surface area (Å²) >= 11 is 0. The van der Waals surface area contributed by atoms with Gasteiger partial charge in [-0.3, -0.25) is 4.79 Å². The van der Waals surface area contributed by atoms with Gasteiger partial charge in [-0.2, -0.15) is 0 Å². The Kier molecular flexibility index (Phi) is 7.27. The summed E-state index contributed by atoms with van der Waals surface area (Å²) in [6.07, 6.45) is 7.41. The van der Waals surface area contributed by atoms with Gasteiger partial charge in [0.05, 0.1) is 0 Å². The third-order valence-electron chi connectivity index (χ3n) is 8.07. The van der Waals surface area contributed by atoms with Crippen molar-refractivity contribution in [2.24, 2.45) is 0 Å². The second kappa shape index (κ2) is 10.1. The van der Waals surface area contributed by atoms with Crippen molar-refractivity contribution in [2.45, 2.75) is 85.1 Å². The highest BCUT2D eigenvalue weighted by atomic mass is 16.1. The molecule has 0 spiro atoms. The summed E-state index contributed by atoms with van der Waals surface area (Å²) in [6.45, 7) is 16.3. The van der Waals surface area contributed by atoms with E-state index in [0.29, 0.717) is 6.54 Å². The first kappa shape index (κ1) is 25.9. The molecule has 36 heavy (non-hydrogen) atoms. The molecule has 0 heterocycles. The van der Waals surface area contributed by atoms with E-state index in [1.165, 1.54) is 51.4 Å². The Morgan fingerprint density at radius 2 is 1.50 bits per heavy atom. The Morgan fingerprint density at radius 1 is 0.861 bits per heavy atom. The van der Waals surface area contributed by atoms with E-state index >= 15 is 0 Å². The van der Waals surface area contributed by atoms with Crippen LogP contribution in [-0.4, -0.2) is 5.91 Å². The molecule has 0 bridgehead atoms. The molecule has 188 valence electrons. The van der Waals surface area contributed by atoms with E-state index in [4.69, 9.17) is 0 Å². The van der Waals surface area contributed by atoms with Crippen LogP contribution in [0, 0.1) is 6.92 Å². The number of allylic oxidation sites excluding steroid dienone is 3. The van der Waals surface area contributed by atoms with Crippen LogP contribution in [0.4, 0.5) is 0 Å². The van der Waals surface area contributed by atoms with Crippen LogP contribution in [0.3, 0.4) is 0 Å². The quantitative estimate of drug-likeness (QED) is 0.280. The van der Waals surface area contributed by atoms with Crippen LogP contribution >= 0.6 is 0 Å². The average Bonchev–Trinajstić information content (AvgIpc) is 2.84. The van der Waals surface area contributed by atoms with Crippen molar-refractivity contribution < 1.29 is 4.79 Å². The first-order chi connectivity index (χ1) is 17.0. The minimum absolute atomic E-state index is 0.0269. The number of amides is 1. The molecule has 0 radical (unpaired) electrons. The number of carbonyl (C=O) groups is 1. The maximum absolute atomic E-state index is 12.8. The fraction of sp³-hybridized carbons (Fsp3) is 0.382. The van der Waals surface area contributed by atoms with Crippen molar-refractivity contribution in [3.8, 4) is 0 Å². The summed E-state index contributed by atoms with van der Waals surface area (Å²) in [4.78, 5) is 12.8. The molecule has 1 aliphatic rings. The molecule has 0 unspecified atom stereocenters. The lowest BCUT2D eigenvalue weighted by Crippen LogP contribution is -2.34. The van der Waals surface area contributed by atoms with Gasteiger partial charge in [0.25, 0.3) is 0 Å². The van der Waals surface area contributed by atoms with E-state index in [9.17, 15) is 4.79 Å². The highest BCUT2D eigenvalue weighted by molar-refractivity contribution is 5.93. The van der Waals surface area contributed by atoms with Gasteiger partial charge in [0, 0.05) is 12.1 Å². The second-order valence-electron chi connectivity index (χ2n) is 12.0. The molecule has 3 aromatic rings. The summed E-state index contributed by atoms with van der Waals surface area (Å²) in [5, 5.41) is 5.47. The molecule has 1 aliphatic carbocycles.